The van der Waals surface area contributed by atoms with Gasteiger partial charge in [-0.3, -0.25) is 0 Å². The summed E-state index contributed by atoms with van der Waals surface area (Å²) >= 11 is 5.02. The van der Waals surface area contributed by atoms with E-state index in [-0.39, 0.29) is 0 Å². The van der Waals surface area contributed by atoms with Crippen LogP contribution in [0.25, 0.3) is 0 Å². The van der Waals surface area contributed by atoms with Crippen molar-refractivity contribution in [3.63, 3.8) is 0 Å². The molecule has 0 spiro atoms. The van der Waals surface area contributed by atoms with Crippen molar-refractivity contribution in [1.29, 1.82) is 0 Å². The molecule has 1 rings (SSSR count). The molecule has 2 nitrogen and oxygen atoms in total. The van der Waals surface area contributed by atoms with Crippen LogP contribution in [-0.4, -0.2) is 29.5 Å². The van der Waals surface area contributed by atoms with Crippen LogP contribution in [0.1, 0.15) is 40.0 Å². The molecular weight excluding hydrogens is 204 g/mol. The van der Waals surface area contributed by atoms with Crippen LogP contribution in [-0.2, 0) is 0 Å². The Morgan fingerprint density at radius 2 is 2.07 bits per heavy atom. The Labute approximate surface area is 99.2 Å². The zero-order valence-electron chi connectivity index (χ0n) is 10.3. The second-order valence-electron chi connectivity index (χ2n) is 5.62. The van der Waals surface area contributed by atoms with E-state index < -0.39 is 0 Å². The van der Waals surface area contributed by atoms with Gasteiger partial charge in [0.1, 0.15) is 0 Å². The summed E-state index contributed by atoms with van der Waals surface area (Å²) in [6, 6.07) is 0. The third-order valence-electron chi connectivity index (χ3n) is 3.45. The van der Waals surface area contributed by atoms with Crippen molar-refractivity contribution in [2.75, 3.05) is 19.6 Å². The van der Waals surface area contributed by atoms with Gasteiger partial charge in [-0.25, -0.2) is 0 Å². The largest absolute Gasteiger partial charge is 0.393 e. The molecule has 1 aliphatic rings. The molecule has 15 heavy (non-hydrogen) atoms. The van der Waals surface area contributed by atoms with E-state index in [0.717, 1.165) is 6.54 Å². The lowest BCUT2D eigenvalue weighted by molar-refractivity contribution is 0.251. The summed E-state index contributed by atoms with van der Waals surface area (Å²) < 4.78 is 0. The first-order chi connectivity index (χ1) is 6.91. The summed E-state index contributed by atoms with van der Waals surface area (Å²) in [5.74, 6) is 0.348. The lowest BCUT2D eigenvalue weighted by atomic mass is 9.85. The normalized spacial score (nSPS) is 24.5. The van der Waals surface area contributed by atoms with Gasteiger partial charge in [-0.1, -0.05) is 33.0 Å². The summed E-state index contributed by atoms with van der Waals surface area (Å²) in [5.41, 5.74) is 6.17. The van der Waals surface area contributed by atoms with Crippen LogP contribution >= 0.6 is 12.2 Å². The van der Waals surface area contributed by atoms with Crippen molar-refractivity contribution >= 4 is 17.2 Å². The van der Waals surface area contributed by atoms with E-state index >= 15 is 0 Å². The van der Waals surface area contributed by atoms with Crippen LogP contribution in [0, 0.1) is 11.3 Å². The SMILES string of the molecule is CC(CN1CCCC(C)(C)CC1)C(N)=S. The predicted molar refractivity (Wildman–Crippen MR) is 70.0 cm³/mol. The Balaban J connectivity index is 2.41. The van der Waals surface area contributed by atoms with Gasteiger partial charge in [-0.15, -0.1) is 0 Å². The first-order valence-electron chi connectivity index (χ1n) is 5.92. The maximum absolute atomic E-state index is 5.65. The molecule has 0 aliphatic carbocycles. The van der Waals surface area contributed by atoms with Crippen LogP contribution in [0.5, 0.6) is 0 Å². The molecule has 88 valence electrons. The first-order valence-corrected chi connectivity index (χ1v) is 6.33. The molecule has 1 aliphatic heterocycles. The Hall–Kier alpha value is -0.150. The molecule has 1 saturated heterocycles. The molecule has 3 heteroatoms. The topological polar surface area (TPSA) is 29.3 Å². The quantitative estimate of drug-likeness (QED) is 0.752. The molecule has 0 aromatic rings. The monoisotopic (exact) mass is 228 g/mol. The van der Waals surface area contributed by atoms with Gasteiger partial charge in [0, 0.05) is 12.5 Å². The van der Waals surface area contributed by atoms with Crippen LogP contribution in [0.4, 0.5) is 0 Å². The minimum absolute atomic E-state index is 0.348. The number of rotatable bonds is 3. The standard InChI is InChI=1S/C12H24N2S/c1-10(11(13)15)9-14-7-4-5-12(2,3)6-8-14/h10H,4-9H2,1-3H3,(H2,13,15). The van der Waals surface area contributed by atoms with E-state index in [2.05, 4.69) is 25.7 Å². The molecule has 1 atom stereocenters. The zero-order chi connectivity index (χ0) is 11.5. The summed E-state index contributed by atoms with van der Waals surface area (Å²) in [6.07, 6.45) is 3.93. The molecular formula is C12H24N2S. The van der Waals surface area contributed by atoms with Gasteiger partial charge in [0.15, 0.2) is 0 Å². The number of nitrogens with zero attached hydrogens (tertiary/aromatic N) is 1. The van der Waals surface area contributed by atoms with E-state index in [1.807, 2.05) is 0 Å². The first kappa shape index (κ1) is 12.9. The molecule has 0 bridgehead atoms. The van der Waals surface area contributed by atoms with Crippen molar-refractivity contribution in [3.05, 3.63) is 0 Å². The molecule has 1 fully saturated rings. The number of hydrogen-bond acceptors (Lipinski definition) is 2. The Bertz CT molecular complexity index is 226. The lowest BCUT2D eigenvalue weighted by Gasteiger charge is -2.25. The molecule has 0 radical (unpaired) electrons. The van der Waals surface area contributed by atoms with Gasteiger partial charge in [-0.05, 0) is 37.8 Å². The predicted octanol–water partition coefficient (Wildman–Crippen LogP) is 2.42. The summed E-state index contributed by atoms with van der Waals surface area (Å²) in [4.78, 5) is 3.16. The summed E-state index contributed by atoms with van der Waals surface area (Å²) in [6.45, 7) is 10.3. The maximum Gasteiger partial charge on any atom is 0.0768 e. The van der Waals surface area contributed by atoms with Gasteiger partial charge < -0.3 is 10.6 Å². The second kappa shape index (κ2) is 5.26. The maximum atomic E-state index is 5.65. The van der Waals surface area contributed by atoms with Crippen LogP contribution < -0.4 is 5.73 Å². The average molecular weight is 228 g/mol. The van der Waals surface area contributed by atoms with Crippen LogP contribution in [0.15, 0.2) is 0 Å². The Kier molecular flexibility index (Phi) is 4.53. The highest BCUT2D eigenvalue weighted by molar-refractivity contribution is 7.80. The number of thiocarbonyl (C=S) groups is 1. The van der Waals surface area contributed by atoms with Crippen molar-refractivity contribution in [2.45, 2.75) is 40.0 Å². The average Bonchev–Trinajstić information content (AvgIpc) is 2.28. The number of nitrogens with two attached hydrogens (primary N) is 1. The highest BCUT2D eigenvalue weighted by Gasteiger charge is 2.23. The van der Waals surface area contributed by atoms with Crippen molar-refractivity contribution in [2.24, 2.45) is 17.1 Å². The third kappa shape index (κ3) is 4.47. The minimum Gasteiger partial charge on any atom is -0.393 e. The van der Waals surface area contributed by atoms with E-state index in [0.29, 0.717) is 16.3 Å². The summed E-state index contributed by atoms with van der Waals surface area (Å²) in [5, 5.41) is 0. The number of likely N-dealkylation sites (tertiary alicyclic amines) is 1. The molecule has 2 N–H and O–H groups in total. The van der Waals surface area contributed by atoms with Gasteiger partial charge >= 0.3 is 0 Å². The van der Waals surface area contributed by atoms with Gasteiger partial charge in [0.25, 0.3) is 0 Å². The van der Waals surface area contributed by atoms with E-state index in [4.69, 9.17) is 18.0 Å². The fourth-order valence-corrected chi connectivity index (χ4v) is 2.21. The van der Waals surface area contributed by atoms with Gasteiger partial charge in [-0.2, -0.15) is 0 Å². The zero-order valence-corrected chi connectivity index (χ0v) is 11.1. The molecule has 0 saturated carbocycles. The lowest BCUT2D eigenvalue weighted by Crippen LogP contribution is -2.34. The fraction of sp³-hybridized carbons (Fsp3) is 0.917. The van der Waals surface area contributed by atoms with E-state index in [1.165, 1.54) is 32.4 Å². The van der Waals surface area contributed by atoms with Crippen molar-refractivity contribution < 1.29 is 0 Å². The molecule has 1 unspecified atom stereocenters. The van der Waals surface area contributed by atoms with Crippen molar-refractivity contribution in [1.82, 2.24) is 4.90 Å². The molecule has 0 aromatic heterocycles. The van der Waals surface area contributed by atoms with Crippen molar-refractivity contribution in [3.8, 4) is 0 Å². The summed E-state index contributed by atoms with van der Waals surface area (Å²) in [7, 11) is 0. The van der Waals surface area contributed by atoms with E-state index in [9.17, 15) is 0 Å². The van der Waals surface area contributed by atoms with E-state index in [1.54, 1.807) is 0 Å². The third-order valence-corrected chi connectivity index (χ3v) is 3.85. The van der Waals surface area contributed by atoms with Crippen LogP contribution in [0.3, 0.4) is 0 Å². The highest BCUT2D eigenvalue weighted by Crippen LogP contribution is 2.29. The second-order valence-corrected chi connectivity index (χ2v) is 6.09. The number of hydrogen-bond donors (Lipinski definition) is 1. The molecule has 0 aromatic carbocycles. The van der Waals surface area contributed by atoms with Gasteiger partial charge in [0.05, 0.1) is 4.99 Å². The minimum atomic E-state index is 0.348. The smallest absolute Gasteiger partial charge is 0.0768 e. The Morgan fingerprint density at radius 1 is 1.40 bits per heavy atom. The molecule has 0 amide bonds. The Morgan fingerprint density at radius 3 is 2.67 bits per heavy atom. The van der Waals surface area contributed by atoms with Crippen LogP contribution in [0.2, 0.25) is 0 Å². The fourth-order valence-electron chi connectivity index (χ4n) is 2.14. The highest BCUT2D eigenvalue weighted by atomic mass is 32.1. The molecule has 1 heterocycles. The van der Waals surface area contributed by atoms with Gasteiger partial charge in [0.2, 0.25) is 0 Å².